The van der Waals surface area contributed by atoms with Crippen molar-refractivity contribution in [1.29, 1.82) is 0 Å². The lowest BCUT2D eigenvalue weighted by Gasteiger charge is -2.33. The summed E-state index contributed by atoms with van der Waals surface area (Å²) in [6.07, 6.45) is 2.34. The minimum absolute atomic E-state index is 0.209. The number of rotatable bonds is 3. The summed E-state index contributed by atoms with van der Waals surface area (Å²) in [5.74, 6) is 0.892. The standard InChI is InChI=1S/C11H22N2O/c1-9(2)7-12-11-5-4-6-13(8-11)10(3)14/h9,11-12H,4-8H2,1-3H3. The highest BCUT2D eigenvalue weighted by molar-refractivity contribution is 5.73. The average molecular weight is 198 g/mol. The van der Waals surface area contributed by atoms with Crippen LogP contribution in [0.4, 0.5) is 0 Å². The van der Waals surface area contributed by atoms with E-state index in [1.807, 2.05) is 4.90 Å². The van der Waals surface area contributed by atoms with Crippen molar-refractivity contribution in [2.24, 2.45) is 5.92 Å². The Bertz CT molecular complexity index is 192. The van der Waals surface area contributed by atoms with Gasteiger partial charge in [0.05, 0.1) is 0 Å². The SMILES string of the molecule is CC(=O)N1CCCC(NCC(C)C)C1. The zero-order chi connectivity index (χ0) is 10.6. The molecule has 1 N–H and O–H groups in total. The fraction of sp³-hybridized carbons (Fsp3) is 0.909. The van der Waals surface area contributed by atoms with Crippen molar-refractivity contribution in [3.63, 3.8) is 0 Å². The molecule has 0 aliphatic carbocycles. The molecule has 1 unspecified atom stereocenters. The van der Waals surface area contributed by atoms with Crippen molar-refractivity contribution in [2.75, 3.05) is 19.6 Å². The Morgan fingerprint density at radius 3 is 2.86 bits per heavy atom. The van der Waals surface area contributed by atoms with Gasteiger partial charge in [-0.1, -0.05) is 13.8 Å². The van der Waals surface area contributed by atoms with Gasteiger partial charge in [0.1, 0.15) is 0 Å². The molecular weight excluding hydrogens is 176 g/mol. The highest BCUT2D eigenvalue weighted by Crippen LogP contribution is 2.10. The molecule has 3 nitrogen and oxygen atoms in total. The molecule has 3 heteroatoms. The minimum Gasteiger partial charge on any atom is -0.341 e. The van der Waals surface area contributed by atoms with Gasteiger partial charge in [-0.15, -0.1) is 0 Å². The van der Waals surface area contributed by atoms with Gasteiger partial charge < -0.3 is 10.2 Å². The van der Waals surface area contributed by atoms with E-state index in [-0.39, 0.29) is 5.91 Å². The number of carbonyl (C=O) groups is 1. The van der Waals surface area contributed by atoms with Gasteiger partial charge >= 0.3 is 0 Å². The van der Waals surface area contributed by atoms with Crippen molar-refractivity contribution < 1.29 is 4.79 Å². The molecule has 0 spiro atoms. The maximum absolute atomic E-state index is 11.2. The first-order valence-electron chi connectivity index (χ1n) is 5.58. The van der Waals surface area contributed by atoms with E-state index in [0.717, 1.165) is 26.1 Å². The van der Waals surface area contributed by atoms with Crippen LogP contribution >= 0.6 is 0 Å². The molecule has 0 aromatic carbocycles. The molecule has 1 atom stereocenters. The second-order valence-corrected chi connectivity index (χ2v) is 4.61. The highest BCUT2D eigenvalue weighted by Gasteiger charge is 2.20. The van der Waals surface area contributed by atoms with Gasteiger partial charge in [0.25, 0.3) is 0 Å². The molecule has 0 aromatic heterocycles. The van der Waals surface area contributed by atoms with Gasteiger partial charge in [0, 0.05) is 26.1 Å². The third-order valence-corrected chi connectivity index (χ3v) is 2.68. The molecule has 1 heterocycles. The number of nitrogens with zero attached hydrogens (tertiary/aromatic N) is 1. The number of likely N-dealkylation sites (tertiary alicyclic amines) is 1. The number of hydrogen-bond acceptors (Lipinski definition) is 2. The van der Waals surface area contributed by atoms with Gasteiger partial charge in [-0.25, -0.2) is 0 Å². The normalized spacial score (nSPS) is 22.9. The van der Waals surface area contributed by atoms with Crippen LogP contribution in [-0.2, 0) is 4.79 Å². The van der Waals surface area contributed by atoms with Crippen LogP contribution in [0.25, 0.3) is 0 Å². The monoisotopic (exact) mass is 198 g/mol. The van der Waals surface area contributed by atoms with Crippen molar-refractivity contribution in [3.8, 4) is 0 Å². The van der Waals surface area contributed by atoms with Crippen LogP contribution in [0, 0.1) is 5.92 Å². The maximum atomic E-state index is 11.2. The summed E-state index contributed by atoms with van der Waals surface area (Å²) in [6.45, 7) is 8.95. The first-order chi connectivity index (χ1) is 6.59. The fourth-order valence-electron chi connectivity index (χ4n) is 1.83. The molecule has 0 aromatic rings. The Hall–Kier alpha value is -0.570. The third kappa shape index (κ3) is 3.66. The van der Waals surface area contributed by atoms with E-state index in [1.165, 1.54) is 6.42 Å². The van der Waals surface area contributed by atoms with E-state index in [2.05, 4.69) is 19.2 Å². The van der Waals surface area contributed by atoms with Crippen molar-refractivity contribution in [2.45, 2.75) is 39.7 Å². The molecule has 0 bridgehead atoms. The molecule has 1 amide bonds. The van der Waals surface area contributed by atoms with Crippen LogP contribution < -0.4 is 5.32 Å². The quantitative estimate of drug-likeness (QED) is 0.740. The molecule has 1 fully saturated rings. The van der Waals surface area contributed by atoms with E-state index < -0.39 is 0 Å². The van der Waals surface area contributed by atoms with E-state index in [1.54, 1.807) is 6.92 Å². The van der Waals surface area contributed by atoms with Crippen LogP contribution in [0.15, 0.2) is 0 Å². The van der Waals surface area contributed by atoms with Gasteiger partial charge in [0.2, 0.25) is 5.91 Å². The third-order valence-electron chi connectivity index (χ3n) is 2.68. The Labute approximate surface area is 86.9 Å². The summed E-state index contributed by atoms with van der Waals surface area (Å²) >= 11 is 0. The predicted molar refractivity (Wildman–Crippen MR) is 58.1 cm³/mol. The average Bonchev–Trinajstić information content (AvgIpc) is 2.15. The molecule has 14 heavy (non-hydrogen) atoms. The molecule has 1 aliphatic heterocycles. The van der Waals surface area contributed by atoms with E-state index in [4.69, 9.17) is 0 Å². The summed E-state index contributed by atoms with van der Waals surface area (Å²) in [5, 5.41) is 3.51. The lowest BCUT2D eigenvalue weighted by atomic mass is 10.0. The largest absolute Gasteiger partial charge is 0.341 e. The van der Waals surface area contributed by atoms with Gasteiger partial charge in [0.15, 0.2) is 0 Å². The molecule has 1 rings (SSSR count). The van der Waals surface area contributed by atoms with Gasteiger partial charge in [-0.2, -0.15) is 0 Å². The summed E-state index contributed by atoms with van der Waals surface area (Å²) < 4.78 is 0. The van der Waals surface area contributed by atoms with Gasteiger partial charge in [-0.05, 0) is 25.3 Å². The van der Waals surface area contributed by atoms with Crippen LogP contribution in [0.5, 0.6) is 0 Å². The number of nitrogens with one attached hydrogen (secondary N) is 1. The Morgan fingerprint density at radius 1 is 1.57 bits per heavy atom. The number of carbonyl (C=O) groups excluding carboxylic acids is 1. The van der Waals surface area contributed by atoms with Crippen LogP contribution in [0.1, 0.15) is 33.6 Å². The summed E-state index contributed by atoms with van der Waals surface area (Å²) in [6, 6.07) is 0.509. The van der Waals surface area contributed by atoms with Crippen LogP contribution in [-0.4, -0.2) is 36.5 Å². The first-order valence-corrected chi connectivity index (χ1v) is 5.58. The summed E-state index contributed by atoms with van der Waals surface area (Å²) in [7, 11) is 0. The van der Waals surface area contributed by atoms with E-state index >= 15 is 0 Å². The van der Waals surface area contributed by atoms with Crippen molar-refractivity contribution in [1.82, 2.24) is 10.2 Å². The van der Waals surface area contributed by atoms with Crippen LogP contribution in [0.3, 0.4) is 0 Å². The second kappa shape index (κ2) is 5.35. The van der Waals surface area contributed by atoms with Crippen LogP contribution in [0.2, 0.25) is 0 Å². The Balaban J connectivity index is 2.29. The number of amides is 1. The smallest absolute Gasteiger partial charge is 0.219 e. The zero-order valence-corrected chi connectivity index (χ0v) is 9.55. The van der Waals surface area contributed by atoms with E-state index in [0.29, 0.717) is 12.0 Å². The topological polar surface area (TPSA) is 32.3 Å². The zero-order valence-electron chi connectivity index (χ0n) is 9.55. The lowest BCUT2D eigenvalue weighted by molar-refractivity contribution is -0.130. The molecule has 0 radical (unpaired) electrons. The fourth-order valence-corrected chi connectivity index (χ4v) is 1.83. The highest BCUT2D eigenvalue weighted by atomic mass is 16.2. The summed E-state index contributed by atoms with van der Waals surface area (Å²) in [5.41, 5.74) is 0. The molecule has 1 saturated heterocycles. The summed E-state index contributed by atoms with van der Waals surface area (Å²) in [4.78, 5) is 13.1. The second-order valence-electron chi connectivity index (χ2n) is 4.61. The van der Waals surface area contributed by atoms with Crippen molar-refractivity contribution >= 4 is 5.91 Å². The Kier molecular flexibility index (Phi) is 4.39. The molecule has 1 aliphatic rings. The lowest BCUT2D eigenvalue weighted by Crippen LogP contribution is -2.48. The predicted octanol–water partition coefficient (Wildman–Crippen LogP) is 1.24. The minimum atomic E-state index is 0.209. The number of hydrogen-bond donors (Lipinski definition) is 1. The molecular formula is C11H22N2O. The van der Waals surface area contributed by atoms with Gasteiger partial charge in [-0.3, -0.25) is 4.79 Å². The Morgan fingerprint density at radius 2 is 2.29 bits per heavy atom. The van der Waals surface area contributed by atoms with E-state index in [9.17, 15) is 4.79 Å². The number of piperidine rings is 1. The first kappa shape index (κ1) is 11.5. The molecule has 0 saturated carbocycles. The van der Waals surface area contributed by atoms with Crippen molar-refractivity contribution in [3.05, 3.63) is 0 Å². The maximum Gasteiger partial charge on any atom is 0.219 e. The molecule has 82 valence electrons.